The maximum Gasteiger partial charge on any atom is 0.268 e. The average Bonchev–Trinajstić information content (AvgIpc) is 3.34. The molecule has 0 aromatic carbocycles. The van der Waals surface area contributed by atoms with Crippen LogP contribution in [0.2, 0.25) is 0 Å². The number of carbonyl (C=O) groups excluding carboxylic acids is 1. The number of rotatable bonds is 57. The van der Waals surface area contributed by atoms with E-state index in [1.807, 2.05) is 27.2 Å². The van der Waals surface area contributed by atoms with E-state index < -0.39 is 26.6 Å². The molecule has 424 valence electrons. The minimum Gasteiger partial charge on any atom is -0.756 e. The van der Waals surface area contributed by atoms with Crippen LogP contribution in [0.15, 0.2) is 48.6 Å². The predicted octanol–water partition coefficient (Wildman–Crippen LogP) is 18.5. The molecule has 9 heteroatoms. The summed E-state index contributed by atoms with van der Waals surface area (Å²) in [5.41, 5.74) is 0. The summed E-state index contributed by atoms with van der Waals surface area (Å²) in [6.07, 6.45) is 72.4. The Balaban J connectivity index is 3.93. The maximum absolute atomic E-state index is 12.9. The topological polar surface area (TPSA) is 108 Å². The number of likely N-dealkylation sites (N-methyl/N-ethyl adjacent to an activating group) is 1. The first-order valence-electron chi connectivity index (χ1n) is 31.0. The van der Waals surface area contributed by atoms with E-state index in [0.717, 1.165) is 51.4 Å². The normalized spacial score (nSPS) is 14.2. The number of nitrogens with zero attached hydrogens (tertiary/aromatic N) is 1. The lowest BCUT2D eigenvalue weighted by Crippen LogP contribution is -2.45. The summed E-state index contributed by atoms with van der Waals surface area (Å²) in [7, 11) is 1.24. The van der Waals surface area contributed by atoms with Gasteiger partial charge >= 0.3 is 0 Å². The lowest BCUT2D eigenvalue weighted by molar-refractivity contribution is -0.870. The van der Waals surface area contributed by atoms with Gasteiger partial charge in [-0.1, -0.05) is 268 Å². The van der Waals surface area contributed by atoms with E-state index in [0.29, 0.717) is 17.4 Å². The molecule has 72 heavy (non-hydrogen) atoms. The van der Waals surface area contributed by atoms with Crippen LogP contribution in [0.3, 0.4) is 0 Å². The third-order valence-electron chi connectivity index (χ3n) is 14.0. The molecule has 0 saturated carbocycles. The number of phosphoric acid groups is 1. The van der Waals surface area contributed by atoms with Crippen molar-refractivity contribution in [2.24, 2.45) is 0 Å². The van der Waals surface area contributed by atoms with Crippen molar-refractivity contribution < 1.29 is 32.9 Å². The van der Waals surface area contributed by atoms with Crippen LogP contribution in [-0.4, -0.2) is 68.5 Å². The van der Waals surface area contributed by atoms with Gasteiger partial charge in [0.15, 0.2) is 0 Å². The first-order chi connectivity index (χ1) is 35.0. The van der Waals surface area contributed by atoms with E-state index in [9.17, 15) is 19.4 Å². The highest BCUT2D eigenvalue weighted by Gasteiger charge is 2.23. The molecule has 0 rings (SSSR count). The van der Waals surface area contributed by atoms with Crippen LogP contribution in [-0.2, 0) is 18.4 Å². The van der Waals surface area contributed by atoms with Crippen LogP contribution in [0, 0.1) is 0 Å². The Morgan fingerprint density at radius 3 is 1.15 bits per heavy atom. The molecule has 1 amide bonds. The summed E-state index contributed by atoms with van der Waals surface area (Å²) < 4.78 is 23.3. The molecular weight excluding hydrogens is 912 g/mol. The van der Waals surface area contributed by atoms with Crippen LogP contribution < -0.4 is 10.2 Å². The lowest BCUT2D eigenvalue weighted by Gasteiger charge is -2.29. The Morgan fingerprint density at radius 1 is 0.472 bits per heavy atom. The first-order valence-corrected chi connectivity index (χ1v) is 32.5. The van der Waals surface area contributed by atoms with Crippen molar-refractivity contribution in [2.45, 2.75) is 309 Å². The fraction of sp³-hybridized carbons (Fsp3) is 0.857. The number of unbranched alkanes of at least 4 members (excludes halogenated alkanes) is 38. The number of nitrogens with one attached hydrogen (secondary N) is 1. The Labute approximate surface area is 448 Å². The molecule has 3 unspecified atom stereocenters. The largest absolute Gasteiger partial charge is 0.756 e. The van der Waals surface area contributed by atoms with Crippen molar-refractivity contribution in [3.63, 3.8) is 0 Å². The number of allylic oxidation sites excluding steroid dienone is 7. The molecular formula is C63H121N2O6P. The van der Waals surface area contributed by atoms with E-state index in [4.69, 9.17) is 9.05 Å². The van der Waals surface area contributed by atoms with Crippen LogP contribution in [0.4, 0.5) is 0 Å². The van der Waals surface area contributed by atoms with Crippen LogP contribution in [0.25, 0.3) is 0 Å². The first kappa shape index (κ1) is 70.5. The van der Waals surface area contributed by atoms with Crippen LogP contribution in [0.5, 0.6) is 0 Å². The summed E-state index contributed by atoms with van der Waals surface area (Å²) in [5.74, 6) is -0.209. The van der Waals surface area contributed by atoms with Crippen molar-refractivity contribution in [1.29, 1.82) is 0 Å². The highest BCUT2D eigenvalue weighted by atomic mass is 31.2. The smallest absolute Gasteiger partial charge is 0.268 e. The maximum atomic E-state index is 12.9. The molecule has 2 N–H and O–H groups in total. The minimum atomic E-state index is -4.60. The van der Waals surface area contributed by atoms with Gasteiger partial charge in [-0.25, -0.2) is 0 Å². The van der Waals surface area contributed by atoms with Crippen LogP contribution >= 0.6 is 7.82 Å². The number of aliphatic hydroxyl groups excluding tert-OH is 1. The second-order valence-electron chi connectivity index (χ2n) is 22.4. The molecule has 0 aromatic rings. The zero-order chi connectivity index (χ0) is 52.7. The van der Waals surface area contributed by atoms with Gasteiger partial charge in [-0.2, -0.15) is 0 Å². The molecule has 0 aliphatic heterocycles. The van der Waals surface area contributed by atoms with E-state index >= 15 is 0 Å². The monoisotopic (exact) mass is 1030 g/mol. The summed E-state index contributed by atoms with van der Waals surface area (Å²) in [5, 5.41) is 13.8. The molecule has 0 spiro atoms. The van der Waals surface area contributed by atoms with Gasteiger partial charge in [0.2, 0.25) is 5.91 Å². The van der Waals surface area contributed by atoms with E-state index in [2.05, 4.69) is 55.6 Å². The molecule has 0 heterocycles. The standard InChI is InChI=1S/C63H121N2O6P/c1-6-8-10-12-14-16-18-20-21-22-23-24-25-26-27-28-29-30-31-32-33-34-35-36-37-38-39-40-41-42-43-45-47-49-51-53-55-57-63(67)64-61(60-71-72(68,69)70-59-58-65(3,4)5)62(66)56-54-52-50-48-46-44-19-17-15-13-11-9-7-2/h15,17,30-31,46,48,54,56,61-62,66H,6-14,16,18-29,32-45,47,49-53,55,57-60H2,1-5H3,(H-,64,67,68,69)/b17-15+,31-30-,48-46+,56-54+. The molecule has 0 radical (unpaired) electrons. The summed E-state index contributed by atoms with van der Waals surface area (Å²) in [4.78, 5) is 25.4. The summed E-state index contributed by atoms with van der Waals surface area (Å²) >= 11 is 0. The molecule has 0 fully saturated rings. The summed E-state index contributed by atoms with van der Waals surface area (Å²) in [6, 6.07) is -0.909. The van der Waals surface area contributed by atoms with Crippen molar-refractivity contribution in [1.82, 2.24) is 5.32 Å². The third-order valence-corrected chi connectivity index (χ3v) is 15.0. The molecule has 0 aliphatic carbocycles. The number of hydrogen-bond donors (Lipinski definition) is 2. The zero-order valence-corrected chi connectivity index (χ0v) is 49.3. The van der Waals surface area contributed by atoms with Crippen molar-refractivity contribution in [2.75, 3.05) is 40.9 Å². The molecule has 0 saturated heterocycles. The van der Waals surface area contributed by atoms with Gasteiger partial charge in [-0.15, -0.1) is 0 Å². The average molecular weight is 1030 g/mol. The van der Waals surface area contributed by atoms with Gasteiger partial charge in [-0.05, 0) is 70.6 Å². The lowest BCUT2D eigenvalue weighted by atomic mass is 10.0. The third kappa shape index (κ3) is 56.2. The quantitative estimate of drug-likeness (QED) is 0.0272. The Hall–Kier alpha value is -1.54. The molecule has 3 atom stereocenters. The fourth-order valence-corrected chi connectivity index (χ4v) is 9.85. The van der Waals surface area contributed by atoms with Gasteiger partial charge in [0.25, 0.3) is 7.82 Å². The predicted molar refractivity (Wildman–Crippen MR) is 311 cm³/mol. The Kier molecular flexibility index (Phi) is 53.1. The van der Waals surface area contributed by atoms with Gasteiger partial charge in [0, 0.05) is 6.42 Å². The molecule has 0 aliphatic rings. The van der Waals surface area contributed by atoms with Crippen molar-refractivity contribution in [3.05, 3.63) is 48.6 Å². The second kappa shape index (κ2) is 54.3. The number of phosphoric ester groups is 1. The Morgan fingerprint density at radius 2 is 0.778 bits per heavy atom. The Bertz CT molecular complexity index is 1310. The van der Waals surface area contributed by atoms with E-state index in [1.165, 1.54) is 225 Å². The van der Waals surface area contributed by atoms with Crippen molar-refractivity contribution >= 4 is 13.7 Å². The number of aliphatic hydroxyl groups is 1. The van der Waals surface area contributed by atoms with Gasteiger partial charge in [0.05, 0.1) is 39.9 Å². The molecule has 8 nitrogen and oxygen atoms in total. The van der Waals surface area contributed by atoms with Crippen LogP contribution in [0.1, 0.15) is 296 Å². The number of carbonyl (C=O) groups is 1. The number of hydrogen-bond acceptors (Lipinski definition) is 6. The fourth-order valence-electron chi connectivity index (χ4n) is 9.12. The number of amides is 1. The van der Waals surface area contributed by atoms with Gasteiger partial charge in [0.1, 0.15) is 13.2 Å². The van der Waals surface area contributed by atoms with Gasteiger partial charge in [-0.3, -0.25) is 9.36 Å². The SMILES string of the molecule is CCCCC/C=C/CC/C=C/CC/C=C/C(O)C(COP(=O)([O-])OCC[N+](C)(C)C)NC(=O)CCCCCCCCCCCCCCCCCCC/C=C\CCCCCCCCCCCCCCCCCC. The highest BCUT2D eigenvalue weighted by Crippen LogP contribution is 2.38. The van der Waals surface area contributed by atoms with E-state index in [1.54, 1.807) is 6.08 Å². The summed E-state index contributed by atoms with van der Waals surface area (Å²) in [6.45, 7) is 4.61. The van der Waals surface area contributed by atoms with Gasteiger partial charge < -0.3 is 28.8 Å². The minimum absolute atomic E-state index is 0.00888. The molecule has 0 aromatic heterocycles. The number of quaternary nitrogens is 1. The van der Waals surface area contributed by atoms with Crippen molar-refractivity contribution in [3.8, 4) is 0 Å². The highest BCUT2D eigenvalue weighted by molar-refractivity contribution is 7.45. The molecule has 0 bridgehead atoms. The second-order valence-corrected chi connectivity index (χ2v) is 23.8. The van der Waals surface area contributed by atoms with E-state index in [-0.39, 0.29) is 12.5 Å². The zero-order valence-electron chi connectivity index (χ0n) is 48.4.